The molecule has 0 aliphatic carbocycles. The number of hydrogen-bond acceptors (Lipinski definition) is 2. The van der Waals surface area contributed by atoms with Gasteiger partial charge < -0.3 is 5.11 Å². The lowest BCUT2D eigenvalue weighted by Gasteiger charge is -2.07. The Kier molecular flexibility index (Phi) is 4.20. The van der Waals surface area contributed by atoms with Crippen molar-refractivity contribution < 1.29 is 9.50 Å². The Hall–Kier alpha value is -0.840. The van der Waals surface area contributed by atoms with Gasteiger partial charge in [0.25, 0.3) is 0 Å². The second-order valence-electron chi connectivity index (χ2n) is 3.47. The maximum atomic E-state index is 12.8. The fourth-order valence-electron chi connectivity index (χ4n) is 1.40. The zero-order valence-corrected chi connectivity index (χ0v) is 11.3. The van der Waals surface area contributed by atoms with E-state index in [-0.39, 0.29) is 12.4 Å². The maximum Gasteiger partial charge on any atom is 0.123 e. The van der Waals surface area contributed by atoms with Crippen molar-refractivity contribution in [1.82, 2.24) is 0 Å². The van der Waals surface area contributed by atoms with Crippen LogP contribution in [0.4, 0.5) is 4.39 Å². The summed E-state index contributed by atoms with van der Waals surface area (Å²) in [5, 5.41) is 9.27. The lowest BCUT2D eigenvalue weighted by Crippen LogP contribution is -1.87. The van der Waals surface area contributed by atoms with Crippen molar-refractivity contribution in [2.24, 2.45) is 0 Å². The highest BCUT2D eigenvalue weighted by atomic mass is 79.9. The summed E-state index contributed by atoms with van der Waals surface area (Å²) in [4.78, 5) is 1.92. The van der Waals surface area contributed by atoms with E-state index in [1.54, 1.807) is 12.1 Å². The van der Waals surface area contributed by atoms with Gasteiger partial charge in [-0.05, 0) is 48.0 Å². The largest absolute Gasteiger partial charge is 0.392 e. The smallest absolute Gasteiger partial charge is 0.123 e. The van der Waals surface area contributed by atoms with Gasteiger partial charge in [0.05, 0.1) is 6.61 Å². The standard InChI is InChI=1S/C13H10BrFOS/c14-10-1-6-13(9(7-10)8-16)17-12-4-2-11(15)3-5-12/h1-7,16H,8H2. The third-order valence-corrected chi connectivity index (χ3v) is 3.85. The lowest BCUT2D eigenvalue weighted by atomic mass is 10.2. The van der Waals surface area contributed by atoms with Crippen LogP contribution in [0.3, 0.4) is 0 Å². The van der Waals surface area contributed by atoms with E-state index in [0.717, 1.165) is 19.8 Å². The van der Waals surface area contributed by atoms with Crippen LogP contribution in [0.5, 0.6) is 0 Å². The van der Waals surface area contributed by atoms with Crippen molar-refractivity contribution in [3.8, 4) is 0 Å². The number of aliphatic hydroxyl groups is 1. The Bertz CT molecular complexity index is 513. The zero-order chi connectivity index (χ0) is 12.3. The Balaban J connectivity index is 2.26. The van der Waals surface area contributed by atoms with Crippen LogP contribution in [-0.4, -0.2) is 5.11 Å². The average Bonchev–Trinajstić information content (AvgIpc) is 2.34. The molecule has 0 heterocycles. The van der Waals surface area contributed by atoms with Crippen LogP contribution in [0.15, 0.2) is 56.7 Å². The average molecular weight is 313 g/mol. The number of aliphatic hydroxyl groups excluding tert-OH is 1. The minimum absolute atomic E-state index is 0.0109. The van der Waals surface area contributed by atoms with E-state index in [0.29, 0.717) is 0 Å². The van der Waals surface area contributed by atoms with Gasteiger partial charge in [-0.2, -0.15) is 0 Å². The van der Waals surface area contributed by atoms with E-state index in [1.807, 2.05) is 18.2 Å². The summed E-state index contributed by atoms with van der Waals surface area (Å²) in [5.41, 5.74) is 0.855. The molecule has 1 nitrogen and oxygen atoms in total. The van der Waals surface area contributed by atoms with E-state index in [2.05, 4.69) is 15.9 Å². The highest BCUT2D eigenvalue weighted by molar-refractivity contribution is 9.10. The highest BCUT2D eigenvalue weighted by Gasteiger charge is 2.04. The quantitative estimate of drug-likeness (QED) is 0.915. The number of halogens is 2. The van der Waals surface area contributed by atoms with E-state index >= 15 is 0 Å². The Morgan fingerprint density at radius 1 is 1.12 bits per heavy atom. The first kappa shape index (κ1) is 12.6. The molecule has 0 radical (unpaired) electrons. The predicted octanol–water partition coefficient (Wildman–Crippen LogP) is 4.23. The Morgan fingerprint density at radius 2 is 1.82 bits per heavy atom. The number of benzene rings is 2. The van der Waals surface area contributed by atoms with E-state index < -0.39 is 0 Å². The summed E-state index contributed by atoms with van der Waals surface area (Å²) in [6.07, 6.45) is 0. The Labute approximate surface area is 112 Å². The molecule has 0 amide bonds. The molecule has 0 bridgehead atoms. The second kappa shape index (κ2) is 5.67. The summed E-state index contributed by atoms with van der Waals surface area (Å²) in [5.74, 6) is -0.243. The van der Waals surface area contributed by atoms with Crippen LogP contribution in [0.2, 0.25) is 0 Å². The van der Waals surface area contributed by atoms with E-state index in [4.69, 9.17) is 0 Å². The molecule has 2 aromatic rings. The van der Waals surface area contributed by atoms with Crippen LogP contribution in [0, 0.1) is 5.82 Å². The van der Waals surface area contributed by atoms with Gasteiger partial charge in [0.2, 0.25) is 0 Å². The molecule has 0 saturated carbocycles. The predicted molar refractivity (Wildman–Crippen MR) is 70.6 cm³/mol. The van der Waals surface area contributed by atoms with Crippen LogP contribution < -0.4 is 0 Å². The molecule has 0 fully saturated rings. The first-order chi connectivity index (χ1) is 8.19. The third kappa shape index (κ3) is 3.31. The summed E-state index contributed by atoms with van der Waals surface area (Å²) in [6, 6.07) is 12.0. The van der Waals surface area contributed by atoms with Crippen LogP contribution in [0.25, 0.3) is 0 Å². The molecule has 0 spiro atoms. The van der Waals surface area contributed by atoms with Gasteiger partial charge in [-0.25, -0.2) is 4.39 Å². The van der Waals surface area contributed by atoms with E-state index in [9.17, 15) is 9.50 Å². The molecule has 4 heteroatoms. The molecule has 0 aliphatic rings. The second-order valence-corrected chi connectivity index (χ2v) is 5.50. The minimum atomic E-state index is -0.243. The van der Waals surface area contributed by atoms with Gasteiger partial charge in [-0.1, -0.05) is 27.7 Å². The first-order valence-corrected chi connectivity index (χ1v) is 6.62. The third-order valence-electron chi connectivity index (χ3n) is 2.23. The molecule has 0 aliphatic heterocycles. The van der Waals surface area contributed by atoms with Crippen molar-refractivity contribution in [3.05, 3.63) is 58.3 Å². The van der Waals surface area contributed by atoms with E-state index in [1.165, 1.54) is 23.9 Å². The van der Waals surface area contributed by atoms with Crippen molar-refractivity contribution in [3.63, 3.8) is 0 Å². The highest BCUT2D eigenvalue weighted by Crippen LogP contribution is 2.32. The van der Waals surface area contributed by atoms with Crippen LogP contribution in [-0.2, 0) is 6.61 Å². The van der Waals surface area contributed by atoms with Crippen molar-refractivity contribution in [1.29, 1.82) is 0 Å². The summed E-state index contributed by atoms with van der Waals surface area (Å²) < 4.78 is 13.7. The Morgan fingerprint density at radius 3 is 2.47 bits per heavy atom. The molecule has 1 N–H and O–H groups in total. The fraction of sp³-hybridized carbons (Fsp3) is 0.0769. The van der Waals surface area contributed by atoms with Gasteiger partial charge in [0.1, 0.15) is 5.82 Å². The molecular weight excluding hydrogens is 303 g/mol. The van der Waals surface area contributed by atoms with Gasteiger partial charge in [0.15, 0.2) is 0 Å². The molecular formula is C13H10BrFOS. The maximum absolute atomic E-state index is 12.8. The number of hydrogen-bond donors (Lipinski definition) is 1. The van der Waals surface area contributed by atoms with Crippen molar-refractivity contribution in [2.75, 3.05) is 0 Å². The van der Waals surface area contributed by atoms with Gasteiger partial charge in [-0.3, -0.25) is 0 Å². The molecule has 88 valence electrons. The summed E-state index contributed by atoms with van der Waals surface area (Å²) in [6.45, 7) is -0.0109. The molecule has 0 unspecified atom stereocenters. The van der Waals surface area contributed by atoms with Gasteiger partial charge in [0, 0.05) is 14.3 Å². The molecule has 0 saturated heterocycles. The minimum Gasteiger partial charge on any atom is -0.392 e. The van der Waals surface area contributed by atoms with Crippen molar-refractivity contribution in [2.45, 2.75) is 16.4 Å². The van der Waals surface area contributed by atoms with Gasteiger partial charge >= 0.3 is 0 Å². The monoisotopic (exact) mass is 312 g/mol. The number of rotatable bonds is 3. The molecule has 0 aromatic heterocycles. The molecule has 2 rings (SSSR count). The SMILES string of the molecule is OCc1cc(Br)ccc1Sc1ccc(F)cc1. The van der Waals surface area contributed by atoms with Crippen molar-refractivity contribution >= 4 is 27.7 Å². The zero-order valence-electron chi connectivity index (χ0n) is 8.86. The summed E-state index contributed by atoms with van der Waals surface area (Å²) >= 11 is 4.87. The topological polar surface area (TPSA) is 20.2 Å². The summed E-state index contributed by atoms with van der Waals surface area (Å²) in [7, 11) is 0. The normalized spacial score (nSPS) is 10.5. The molecule has 2 aromatic carbocycles. The first-order valence-electron chi connectivity index (χ1n) is 5.02. The van der Waals surface area contributed by atoms with Crippen LogP contribution in [0.1, 0.15) is 5.56 Å². The fourth-order valence-corrected chi connectivity index (χ4v) is 2.73. The molecule has 0 atom stereocenters. The van der Waals surface area contributed by atoms with Crippen LogP contribution >= 0.6 is 27.7 Å². The lowest BCUT2D eigenvalue weighted by molar-refractivity contribution is 0.279. The molecule has 17 heavy (non-hydrogen) atoms. The van der Waals surface area contributed by atoms with Gasteiger partial charge in [-0.15, -0.1) is 0 Å².